The number of carbonyl (C=O) groups excluding carboxylic acids is 1. The van der Waals surface area contributed by atoms with Crippen LogP contribution in [0.3, 0.4) is 0 Å². The van der Waals surface area contributed by atoms with Crippen LogP contribution in [0.2, 0.25) is 0 Å². The Morgan fingerprint density at radius 2 is 2.06 bits per heavy atom. The fourth-order valence-corrected chi connectivity index (χ4v) is 3.35. The fourth-order valence-electron chi connectivity index (χ4n) is 2.54. The zero-order valence-electron chi connectivity index (χ0n) is 10.5. The van der Waals surface area contributed by atoms with Gasteiger partial charge in [-0.1, -0.05) is 18.2 Å². The summed E-state index contributed by atoms with van der Waals surface area (Å²) in [7, 11) is 0. The first-order valence-corrected chi connectivity index (χ1v) is 6.96. The summed E-state index contributed by atoms with van der Waals surface area (Å²) in [6.45, 7) is 4.14. The highest BCUT2D eigenvalue weighted by Gasteiger charge is 2.31. The van der Waals surface area contributed by atoms with Gasteiger partial charge in [0.25, 0.3) is 5.91 Å². The lowest BCUT2D eigenvalue weighted by molar-refractivity contribution is 0.0985. The topological polar surface area (TPSA) is 20.3 Å². The summed E-state index contributed by atoms with van der Waals surface area (Å²) < 4.78 is 0. The zero-order valence-corrected chi connectivity index (χ0v) is 11.3. The molecule has 18 heavy (non-hydrogen) atoms. The Labute approximate surface area is 111 Å². The van der Waals surface area contributed by atoms with E-state index >= 15 is 0 Å². The summed E-state index contributed by atoms with van der Waals surface area (Å²) in [5.41, 5.74) is 2.34. The second-order valence-electron chi connectivity index (χ2n) is 4.77. The van der Waals surface area contributed by atoms with Gasteiger partial charge in [-0.25, -0.2) is 0 Å². The van der Waals surface area contributed by atoms with Crippen LogP contribution in [0.25, 0.3) is 0 Å². The van der Waals surface area contributed by atoms with Crippen LogP contribution in [-0.2, 0) is 6.42 Å². The number of para-hydroxylation sites is 1. The van der Waals surface area contributed by atoms with E-state index in [9.17, 15) is 4.79 Å². The number of hydrogen-bond donors (Lipinski definition) is 0. The number of amides is 1. The van der Waals surface area contributed by atoms with Crippen molar-refractivity contribution >= 4 is 22.9 Å². The lowest BCUT2D eigenvalue weighted by atomic mass is 10.1. The van der Waals surface area contributed by atoms with Gasteiger partial charge >= 0.3 is 0 Å². The van der Waals surface area contributed by atoms with Crippen molar-refractivity contribution in [2.45, 2.75) is 26.3 Å². The molecule has 3 heteroatoms. The maximum Gasteiger partial charge on any atom is 0.268 e. The van der Waals surface area contributed by atoms with Crippen molar-refractivity contribution in [1.29, 1.82) is 0 Å². The molecule has 0 radical (unpaired) electrons. The Morgan fingerprint density at radius 1 is 1.28 bits per heavy atom. The van der Waals surface area contributed by atoms with Crippen molar-refractivity contribution < 1.29 is 4.79 Å². The van der Waals surface area contributed by atoms with Gasteiger partial charge in [-0.05, 0) is 44.0 Å². The SMILES string of the molecule is Cc1ccc(C(=O)N2c3ccccc3CC2C)s1. The van der Waals surface area contributed by atoms with E-state index in [1.165, 1.54) is 10.4 Å². The first kappa shape index (κ1) is 11.5. The van der Waals surface area contributed by atoms with Crippen molar-refractivity contribution in [3.05, 3.63) is 51.7 Å². The highest BCUT2D eigenvalue weighted by atomic mass is 32.1. The maximum absolute atomic E-state index is 12.6. The summed E-state index contributed by atoms with van der Waals surface area (Å²) >= 11 is 1.57. The number of thiophene rings is 1. The number of hydrogen-bond acceptors (Lipinski definition) is 2. The molecule has 1 aliphatic rings. The van der Waals surface area contributed by atoms with Gasteiger partial charge in [0.05, 0.1) is 4.88 Å². The van der Waals surface area contributed by atoms with E-state index in [0.717, 1.165) is 17.0 Å². The van der Waals surface area contributed by atoms with Crippen LogP contribution in [0.4, 0.5) is 5.69 Å². The van der Waals surface area contributed by atoms with Gasteiger partial charge in [0.1, 0.15) is 0 Å². The third-order valence-electron chi connectivity index (χ3n) is 3.38. The maximum atomic E-state index is 12.6. The average molecular weight is 257 g/mol. The molecule has 1 aromatic carbocycles. The number of fused-ring (bicyclic) bond motifs is 1. The first-order chi connectivity index (χ1) is 8.66. The minimum Gasteiger partial charge on any atom is -0.304 e. The molecule has 92 valence electrons. The Balaban J connectivity index is 2.00. The monoisotopic (exact) mass is 257 g/mol. The summed E-state index contributed by atoms with van der Waals surface area (Å²) in [5, 5.41) is 0. The summed E-state index contributed by atoms with van der Waals surface area (Å²) in [5.74, 6) is 0.130. The number of nitrogens with zero attached hydrogens (tertiary/aromatic N) is 1. The highest BCUT2D eigenvalue weighted by Crippen LogP contribution is 2.33. The molecule has 2 heterocycles. The predicted octanol–water partition coefficient (Wildman–Crippen LogP) is 3.65. The van der Waals surface area contributed by atoms with Gasteiger partial charge in [-0.3, -0.25) is 4.79 Å². The molecule has 2 nitrogen and oxygen atoms in total. The Bertz CT molecular complexity index is 602. The van der Waals surface area contributed by atoms with E-state index in [1.807, 2.05) is 42.2 Å². The van der Waals surface area contributed by atoms with E-state index in [4.69, 9.17) is 0 Å². The smallest absolute Gasteiger partial charge is 0.268 e. The quantitative estimate of drug-likeness (QED) is 0.763. The van der Waals surface area contributed by atoms with Crippen LogP contribution in [0.1, 0.15) is 27.0 Å². The minimum absolute atomic E-state index is 0.130. The van der Waals surface area contributed by atoms with Crippen LogP contribution in [0, 0.1) is 6.92 Å². The first-order valence-electron chi connectivity index (χ1n) is 6.14. The van der Waals surface area contributed by atoms with Crippen LogP contribution in [0.5, 0.6) is 0 Å². The van der Waals surface area contributed by atoms with Crippen LogP contribution < -0.4 is 4.90 Å². The van der Waals surface area contributed by atoms with Gasteiger partial charge in [0, 0.05) is 16.6 Å². The summed E-state index contributed by atoms with van der Waals surface area (Å²) in [4.78, 5) is 16.5. The molecule has 0 spiro atoms. The molecule has 0 saturated carbocycles. The second kappa shape index (κ2) is 4.25. The summed E-state index contributed by atoms with van der Waals surface area (Å²) in [6, 6.07) is 12.4. The van der Waals surface area contributed by atoms with E-state index in [-0.39, 0.29) is 11.9 Å². The number of aryl methyl sites for hydroxylation is 1. The molecular weight excluding hydrogens is 242 g/mol. The molecule has 0 saturated heterocycles. The van der Waals surface area contributed by atoms with Gasteiger partial charge in [0.15, 0.2) is 0 Å². The second-order valence-corrected chi connectivity index (χ2v) is 6.06. The van der Waals surface area contributed by atoms with E-state index < -0.39 is 0 Å². The molecule has 0 N–H and O–H groups in total. The normalized spacial score (nSPS) is 17.9. The summed E-state index contributed by atoms with van der Waals surface area (Å²) in [6.07, 6.45) is 0.951. The largest absolute Gasteiger partial charge is 0.304 e. The average Bonchev–Trinajstić information content (AvgIpc) is 2.91. The van der Waals surface area contributed by atoms with Crippen LogP contribution in [-0.4, -0.2) is 11.9 Å². The molecule has 0 aliphatic carbocycles. The van der Waals surface area contributed by atoms with E-state index in [2.05, 4.69) is 13.0 Å². The lowest BCUT2D eigenvalue weighted by Crippen LogP contribution is -2.35. The predicted molar refractivity (Wildman–Crippen MR) is 75.5 cm³/mol. The van der Waals surface area contributed by atoms with Gasteiger partial charge < -0.3 is 4.90 Å². The van der Waals surface area contributed by atoms with Crippen molar-refractivity contribution in [2.75, 3.05) is 4.90 Å². The van der Waals surface area contributed by atoms with Gasteiger partial charge in [0.2, 0.25) is 0 Å². The number of carbonyl (C=O) groups is 1. The fraction of sp³-hybridized carbons (Fsp3) is 0.267. The van der Waals surface area contributed by atoms with Crippen molar-refractivity contribution in [1.82, 2.24) is 0 Å². The van der Waals surface area contributed by atoms with E-state index in [1.54, 1.807) is 11.3 Å². The van der Waals surface area contributed by atoms with Crippen LogP contribution in [0.15, 0.2) is 36.4 Å². The molecule has 0 bridgehead atoms. The van der Waals surface area contributed by atoms with Crippen molar-refractivity contribution in [3.8, 4) is 0 Å². The number of benzene rings is 1. The minimum atomic E-state index is 0.130. The highest BCUT2D eigenvalue weighted by molar-refractivity contribution is 7.14. The Morgan fingerprint density at radius 3 is 2.78 bits per heavy atom. The molecule has 1 aromatic heterocycles. The number of anilines is 1. The third-order valence-corrected chi connectivity index (χ3v) is 4.37. The molecule has 0 fully saturated rings. The van der Waals surface area contributed by atoms with Gasteiger partial charge in [-0.15, -0.1) is 11.3 Å². The lowest BCUT2D eigenvalue weighted by Gasteiger charge is -2.21. The Hall–Kier alpha value is -1.61. The van der Waals surface area contributed by atoms with Gasteiger partial charge in [-0.2, -0.15) is 0 Å². The molecule has 2 aromatic rings. The zero-order chi connectivity index (χ0) is 12.7. The molecule has 1 atom stereocenters. The standard InChI is InChI=1S/C15H15NOS/c1-10-9-12-5-3-4-6-13(12)16(10)15(17)14-8-7-11(2)18-14/h3-8,10H,9H2,1-2H3. The molecule has 1 amide bonds. The number of rotatable bonds is 1. The van der Waals surface area contributed by atoms with Crippen LogP contribution >= 0.6 is 11.3 Å². The molecule has 1 aliphatic heterocycles. The third kappa shape index (κ3) is 1.75. The molecule has 3 rings (SSSR count). The van der Waals surface area contributed by atoms with Crippen molar-refractivity contribution in [3.63, 3.8) is 0 Å². The molecular formula is C15H15NOS. The van der Waals surface area contributed by atoms with Crippen molar-refractivity contribution in [2.24, 2.45) is 0 Å². The Kier molecular flexibility index (Phi) is 2.71. The van der Waals surface area contributed by atoms with E-state index in [0.29, 0.717) is 0 Å². The molecule has 1 unspecified atom stereocenters.